The third-order valence-corrected chi connectivity index (χ3v) is 7.17. The van der Waals surface area contributed by atoms with Crippen LogP contribution in [0.1, 0.15) is 90.9 Å². The Balaban J connectivity index is 1.84. The normalized spacial score (nSPS) is 36.2. The Hall–Kier alpha value is -0.400. The van der Waals surface area contributed by atoms with Crippen molar-refractivity contribution in [1.29, 1.82) is 0 Å². The number of hydrogen-bond donors (Lipinski definition) is 6. The molecule has 10 heteroatoms. The molecule has 0 aliphatic carbocycles. The molecule has 2 aliphatic rings. The van der Waals surface area contributed by atoms with Crippen LogP contribution in [0.2, 0.25) is 0 Å². The lowest BCUT2D eigenvalue weighted by Gasteiger charge is -2.44. The fraction of sp³-hybridized carbons (Fsp3) is 1.00. The Labute approximate surface area is 215 Å². The van der Waals surface area contributed by atoms with E-state index in [2.05, 4.69) is 13.8 Å². The zero-order valence-electron chi connectivity index (χ0n) is 22.0. The van der Waals surface area contributed by atoms with E-state index in [9.17, 15) is 30.6 Å². The molecule has 10 atom stereocenters. The predicted octanol–water partition coefficient (Wildman–Crippen LogP) is 1.36. The van der Waals surface area contributed by atoms with Gasteiger partial charge in [0.15, 0.2) is 12.6 Å². The van der Waals surface area contributed by atoms with Crippen LogP contribution in [0, 0.1) is 0 Å². The minimum absolute atomic E-state index is 0.0571. The third-order valence-electron chi connectivity index (χ3n) is 7.17. The van der Waals surface area contributed by atoms with Crippen LogP contribution in [0.25, 0.3) is 0 Å². The SMILES string of the molecule is CCCCCCCCCCC(CCC)OC1OC(CO)C(OC2OC(CO)C(O)C(O)C2O)CC1O. The van der Waals surface area contributed by atoms with Crippen LogP contribution in [0.5, 0.6) is 0 Å². The Morgan fingerprint density at radius 1 is 0.694 bits per heavy atom. The first kappa shape index (κ1) is 31.8. The van der Waals surface area contributed by atoms with Crippen molar-refractivity contribution in [2.24, 2.45) is 0 Å². The number of ether oxygens (including phenoxy) is 4. The quantitative estimate of drug-likeness (QED) is 0.154. The van der Waals surface area contributed by atoms with E-state index in [4.69, 9.17) is 18.9 Å². The molecule has 2 saturated heterocycles. The highest BCUT2D eigenvalue weighted by Crippen LogP contribution is 2.30. The minimum atomic E-state index is -1.58. The van der Waals surface area contributed by atoms with Gasteiger partial charge in [-0.1, -0.05) is 71.6 Å². The van der Waals surface area contributed by atoms with Crippen molar-refractivity contribution >= 4 is 0 Å². The first-order chi connectivity index (χ1) is 17.4. The van der Waals surface area contributed by atoms with Crippen LogP contribution >= 0.6 is 0 Å². The number of unbranched alkanes of at least 4 members (excludes halogenated alkanes) is 7. The van der Waals surface area contributed by atoms with Gasteiger partial charge in [0.05, 0.1) is 25.4 Å². The average molecular weight is 523 g/mol. The summed E-state index contributed by atoms with van der Waals surface area (Å²) in [6.07, 6.45) is 1.71. The van der Waals surface area contributed by atoms with Crippen molar-refractivity contribution in [2.75, 3.05) is 13.2 Å². The van der Waals surface area contributed by atoms with Gasteiger partial charge >= 0.3 is 0 Å². The van der Waals surface area contributed by atoms with Gasteiger partial charge in [0, 0.05) is 6.42 Å². The van der Waals surface area contributed by atoms with Gasteiger partial charge in [0.2, 0.25) is 0 Å². The molecule has 0 saturated carbocycles. The lowest BCUT2D eigenvalue weighted by atomic mass is 9.98. The summed E-state index contributed by atoms with van der Waals surface area (Å²) in [5.74, 6) is 0. The molecule has 2 rings (SSSR count). The maximum absolute atomic E-state index is 10.7. The summed E-state index contributed by atoms with van der Waals surface area (Å²) >= 11 is 0. The Morgan fingerprint density at radius 3 is 1.92 bits per heavy atom. The van der Waals surface area contributed by atoms with Crippen molar-refractivity contribution in [3.05, 3.63) is 0 Å². The first-order valence-corrected chi connectivity index (χ1v) is 13.9. The molecule has 0 aromatic rings. The number of aliphatic hydroxyl groups excluding tert-OH is 6. The van der Waals surface area contributed by atoms with Crippen molar-refractivity contribution < 1.29 is 49.6 Å². The number of hydrogen-bond acceptors (Lipinski definition) is 10. The molecule has 214 valence electrons. The number of aliphatic hydroxyl groups is 6. The highest BCUT2D eigenvalue weighted by molar-refractivity contribution is 4.91. The van der Waals surface area contributed by atoms with Crippen molar-refractivity contribution in [3.63, 3.8) is 0 Å². The molecule has 0 aromatic heterocycles. The van der Waals surface area contributed by atoms with Gasteiger partial charge in [-0.15, -0.1) is 0 Å². The fourth-order valence-corrected chi connectivity index (χ4v) is 4.93. The smallest absolute Gasteiger partial charge is 0.187 e. The molecule has 0 bridgehead atoms. The minimum Gasteiger partial charge on any atom is -0.394 e. The van der Waals surface area contributed by atoms with Crippen molar-refractivity contribution in [2.45, 2.75) is 152 Å². The molecule has 2 fully saturated rings. The summed E-state index contributed by atoms with van der Waals surface area (Å²) in [7, 11) is 0. The van der Waals surface area contributed by atoms with Crippen LogP contribution in [-0.4, -0.2) is 105 Å². The van der Waals surface area contributed by atoms with Crippen LogP contribution in [0.15, 0.2) is 0 Å². The third kappa shape index (κ3) is 9.72. The van der Waals surface area contributed by atoms with E-state index in [-0.39, 0.29) is 12.5 Å². The fourth-order valence-electron chi connectivity index (χ4n) is 4.93. The summed E-state index contributed by atoms with van der Waals surface area (Å²) in [6.45, 7) is 3.32. The molecule has 10 nitrogen and oxygen atoms in total. The Bertz CT molecular complexity index is 565. The molecule has 0 spiro atoms. The zero-order valence-corrected chi connectivity index (χ0v) is 22.0. The summed E-state index contributed by atoms with van der Waals surface area (Å²) in [4.78, 5) is 0. The molecule has 0 radical (unpaired) electrons. The highest BCUT2D eigenvalue weighted by atomic mass is 16.7. The van der Waals surface area contributed by atoms with E-state index in [1.807, 2.05) is 0 Å². The van der Waals surface area contributed by atoms with E-state index in [1.165, 1.54) is 38.5 Å². The molecule has 0 aromatic carbocycles. The molecule has 10 unspecified atom stereocenters. The van der Waals surface area contributed by atoms with Crippen LogP contribution in [-0.2, 0) is 18.9 Å². The Kier molecular flexibility index (Phi) is 15.2. The van der Waals surface area contributed by atoms with Gasteiger partial charge in [0.1, 0.15) is 36.6 Å². The monoisotopic (exact) mass is 522 g/mol. The molecule has 2 heterocycles. The first-order valence-electron chi connectivity index (χ1n) is 13.9. The van der Waals surface area contributed by atoms with E-state index >= 15 is 0 Å². The Morgan fingerprint density at radius 2 is 1.31 bits per heavy atom. The summed E-state index contributed by atoms with van der Waals surface area (Å²) < 4.78 is 23.1. The maximum Gasteiger partial charge on any atom is 0.187 e. The highest BCUT2D eigenvalue weighted by Gasteiger charge is 2.47. The lowest BCUT2D eigenvalue weighted by Crippen LogP contribution is -2.61. The van der Waals surface area contributed by atoms with E-state index in [0.29, 0.717) is 0 Å². The van der Waals surface area contributed by atoms with Gasteiger partial charge in [0.25, 0.3) is 0 Å². The topological polar surface area (TPSA) is 158 Å². The second-order valence-electron chi connectivity index (χ2n) is 10.2. The zero-order chi connectivity index (χ0) is 26.5. The standard InChI is InChI=1S/C26H50O10/c1-3-5-6-7-8-9-10-11-13-17(12-4-2)33-25-18(29)14-19(20(15-27)35-25)34-26-24(32)23(31)22(30)21(16-28)36-26/h17-32H,3-16H2,1-2H3. The van der Waals surface area contributed by atoms with Gasteiger partial charge in [-0.3, -0.25) is 0 Å². The average Bonchev–Trinajstić information content (AvgIpc) is 2.87. The van der Waals surface area contributed by atoms with E-state index in [1.54, 1.807) is 0 Å². The van der Waals surface area contributed by atoms with E-state index in [0.717, 1.165) is 32.1 Å². The summed E-state index contributed by atoms with van der Waals surface area (Å²) in [5.41, 5.74) is 0. The molecule has 36 heavy (non-hydrogen) atoms. The second kappa shape index (κ2) is 17.2. The number of rotatable bonds is 17. The summed E-state index contributed by atoms with van der Waals surface area (Å²) in [6, 6.07) is 0. The van der Waals surface area contributed by atoms with Gasteiger partial charge < -0.3 is 49.6 Å². The molecular formula is C26H50O10. The largest absolute Gasteiger partial charge is 0.394 e. The van der Waals surface area contributed by atoms with Gasteiger partial charge in [-0.05, 0) is 12.8 Å². The summed E-state index contributed by atoms with van der Waals surface area (Å²) in [5, 5.41) is 60.2. The second-order valence-corrected chi connectivity index (χ2v) is 10.2. The van der Waals surface area contributed by atoms with Crippen LogP contribution < -0.4 is 0 Å². The maximum atomic E-state index is 10.7. The molecule has 6 N–H and O–H groups in total. The van der Waals surface area contributed by atoms with Gasteiger partial charge in [-0.25, -0.2) is 0 Å². The van der Waals surface area contributed by atoms with Crippen LogP contribution in [0.3, 0.4) is 0 Å². The van der Waals surface area contributed by atoms with E-state index < -0.39 is 68.5 Å². The predicted molar refractivity (Wildman–Crippen MR) is 132 cm³/mol. The molecular weight excluding hydrogens is 472 g/mol. The van der Waals surface area contributed by atoms with Crippen molar-refractivity contribution in [1.82, 2.24) is 0 Å². The molecule has 0 amide bonds. The van der Waals surface area contributed by atoms with Gasteiger partial charge in [-0.2, -0.15) is 0 Å². The molecule has 2 aliphatic heterocycles. The van der Waals surface area contributed by atoms with Crippen LogP contribution in [0.4, 0.5) is 0 Å². The van der Waals surface area contributed by atoms with Crippen molar-refractivity contribution in [3.8, 4) is 0 Å². The lowest BCUT2D eigenvalue weighted by molar-refractivity contribution is -0.345.